The number of halogens is 1. The van der Waals surface area contributed by atoms with Crippen LogP contribution in [0.3, 0.4) is 0 Å². The molecule has 2 N–H and O–H groups in total. The monoisotopic (exact) mass is 410 g/mol. The second-order valence-corrected chi connectivity index (χ2v) is 8.16. The second-order valence-electron chi connectivity index (χ2n) is 5.96. The lowest BCUT2D eigenvalue weighted by Gasteiger charge is -2.18. The number of carbonyl (C=O) groups is 1. The Balaban J connectivity index is 1.57. The Morgan fingerprint density at radius 2 is 1.85 bits per heavy atom. The minimum Gasteiger partial charge on any atom is -0.486 e. The number of hydrogen-bond donors (Lipinski definition) is 2. The third kappa shape index (κ3) is 4.91. The predicted molar refractivity (Wildman–Crippen MR) is 102 cm³/mol. The van der Waals surface area contributed by atoms with Crippen molar-refractivity contribution in [3.8, 4) is 11.5 Å². The number of carbonyl (C=O) groups excluding carboxylic acids is 1. The normalized spacial score (nSPS) is 13.3. The summed E-state index contributed by atoms with van der Waals surface area (Å²) in [6, 6.07) is 9.57. The lowest BCUT2D eigenvalue weighted by atomic mass is 10.2. The Bertz CT molecular complexity index is 962. The molecular formula is C18H19ClN2O5S. The molecule has 9 heteroatoms. The summed E-state index contributed by atoms with van der Waals surface area (Å²) >= 11 is 5.92. The molecule has 0 saturated carbocycles. The molecule has 0 unspecified atom stereocenters. The van der Waals surface area contributed by atoms with Gasteiger partial charge in [0.2, 0.25) is 15.9 Å². The molecule has 1 aliphatic rings. The van der Waals surface area contributed by atoms with E-state index in [9.17, 15) is 13.2 Å². The third-order valence-electron chi connectivity index (χ3n) is 3.94. The van der Waals surface area contributed by atoms with Crippen molar-refractivity contribution in [2.24, 2.45) is 0 Å². The van der Waals surface area contributed by atoms with Crippen molar-refractivity contribution in [2.45, 2.75) is 18.2 Å². The van der Waals surface area contributed by atoms with Crippen LogP contribution in [0.25, 0.3) is 0 Å². The summed E-state index contributed by atoms with van der Waals surface area (Å²) in [6.45, 7) is 2.60. The van der Waals surface area contributed by atoms with Crippen LogP contribution in [-0.4, -0.2) is 34.1 Å². The first-order valence-electron chi connectivity index (χ1n) is 8.30. The molecule has 3 rings (SSSR count). The highest BCUT2D eigenvalue weighted by Crippen LogP contribution is 2.32. The molecule has 0 fully saturated rings. The zero-order chi connectivity index (χ0) is 19.4. The fraction of sp³-hybridized carbons (Fsp3) is 0.278. The molecule has 1 heterocycles. The fourth-order valence-electron chi connectivity index (χ4n) is 2.51. The lowest BCUT2D eigenvalue weighted by molar-refractivity contribution is -0.116. The van der Waals surface area contributed by atoms with Crippen molar-refractivity contribution in [1.82, 2.24) is 4.72 Å². The largest absolute Gasteiger partial charge is 0.486 e. The second kappa shape index (κ2) is 8.16. The standard InChI is InChI=1S/C18H19ClN2O5S/c1-12-2-3-13(19)10-15(12)21-18(22)6-7-20-27(23,24)14-4-5-16-17(11-14)26-9-8-25-16/h2-5,10-11,20H,6-9H2,1H3,(H,21,22). The van der Waals surface area contributed by atoms with Crippen LogP contribution in [0, 0.1) is 6.92 Å². The Hall–Kier alpha value is -2.29. The summed E-state index contributed by atoms with van der Waals surface area (Å²) in [4.78, 5) is 12.1. The molecule has 1 amide bonds. The number of ether oxygens (including phenoxy) is 2. The van der Waals surface area contributed by atoms with Crippen LogP contribution in [0.1, 0.15) is 12.0 Å². The maximum Gasteiger partial charge on any atom is 0.240 e. The topological polar surface area (TPSA) is 93.7 Å². The summed E-state index contributed by atoms with van der Waals surface area (Å²) in [7, 11) is -3.76. The molecule has 27 heavy (non-hydrogen) atoms. The summed E-state index contributed by atoms with van der Waals surface area (Å²) in [5.41, 5.74) is 1.46. The van der Waals surface area contributed by atoms with Gasteiger partial charge >= 0.3 is 0 Å². The zero-order valence-electron chi connectivity index (χ0n) is 14.6. The van der Waals surface area contributed by atoms with E-state index in [1.807, 2.05) is 6.92 Å². The number of fused-ring (bicyclic) bond motifs is 1. The molecule has 0 spiro atoms. The van der Waals surface area contributed by atoms with E-state index < -0.39 is 10.0 Å². The number of benzene rings is 2. The number of aryl methyl sites for hydroxylation is 1. The van der Waals surface area contributed by atoms with E-state index in [4.69, 9.17) is 21.1 Å². The van der Waals surface area contributed by atoms with Crippen LogP contribution in [0.2, 0.25) is 5.02 Å². The minimum absolute atomic E-state index is 0.0181. The summed E-state index contributed by atoms with van der Waals surface area (Å²) < 4.78 is 38.0. The maximum atomic E-state index is 12.4. The van der Waals surface area contributed by atoms with Crippen LogP contribution in [0.5, 0.6) is 11.5 Å². The van der Waals surface area contributed by atoms with Gasteiger partial charge in [-0.1, -0.05) is 17.7 Å². The average Bonchev–Trinajstić information content (AvgIpc) is 2.64. The van der Waals surface area contributed by atoms with Gasteiger partial charge in [0.1, 0.15) is 13.2 Å². The SMILES string of the molecule is Cc1ccc(Cl)cc1NC(=O)CCNS(=O)(=O)c1ccc2c(c1)OCCO2. The fourth-order valence-corrected chi connectivity index (χ4v) is 3.73. The van der Waals surface area contributed by atoms with Gasteiger partial charge < -0.3 is 14.8 Å². The number of sulfonamides is 1. The molecule has 1 aliphatic heterocycles. The first-order valence-corrected chi connectivity index (χ1v) is 10.2. The molecule has 0 saturated heterocycles. The highest BCUT2D eigenvalue weighted by molar-refractivity contribution is 7.89. The van der Waals surface area contributed by atoms with Crippen LogP contribution in [-0.2, 0) is 14.8 Å². The Morgan fingerprint density at radius 3 is 2.63 bits per heavy atom. The summed E-state index contributed by atoms with van der Waals surface area (Å²) in [5.74, 6) is 0.583. The van der Waals surface area contributed by atoms with Gasteiger partial charge in [-0.15, -0.1) is 0 Å². The van der Waals surface area contributed by atoms with Crippen molar-refractivity contribution in [1.29, 1.82) is 0 Å². The van der Waals surface area contributed by atoms with E-state index in [0.717, 1.165) is 5.56 Å². The number of anilines is 1. The number of amides is 1. The molecule has 2 aromatic carbocycles. The average molecular weight is 411 g/mol. The highest BCUT2D eigenvalue weighted by atomic mass is 35.5. The van der Waals surface area contributed by atoms with Gasteiger partial charge in [-0.2, -0.15) is 0 Å². The summed E-state index contributed by atoms with van der Waals surface area (Å²) in [5, 5.41) is 3.23. The van der Waals surface area contributed by atoms with E-state index in [1.54, 1.807) is 24.3 Å². The van der Waals surface area contributed by atoms with Crippen molar-refractivity contribution in [3.05, 3.63) is 47.0 Å². The van der Waals surface area contributed by atoms with E-state index in [-0.39, 0.29) is 23.8 Å². The van der Waals surface area contributed by atoms with E-state index >= 15 is 0 Å². The molecule has 144 valence electrons. The van der Waals surface area contributed by atoms with E-state index in [0.29, 0.717) is 35.4 Å². The lowest BCUT2D eigenvalue weighted by Crippen LogP contribution is -2.28. The Morgan fingerprint density at radius 1 is 1.11 bits per heavy atom. The van der Waals surface area contributed by atoms with Crippen LogP contribution < -0.4 is 19.5 Å². The molecule has 2 aromatic rings. The molecule has 0 atom stereocenters. The van der Waals surface area contributed by atoms with Crippen molar-refractivity contribution in [2.75, 3.05) is 25.1 Å². The highest BCUT2D eigenvalue weighted by Gasteiger charge is 2.19. The Labute approximate surface area is 162 Å². The molecule has 0 aliphatic carbocycles. The van der Waals surface area contributed by atoms with Crippen LogP contribution in [0.15, 0.2) is 41.3 Å². The number of rotatable bonds is 6. The Kier molecular flexibility index (Phi) is 5.88. The number of nitrogens with one attached hydrogen (secondary N) is 2. The molecular weight excluding hydrogens is 392 g/mol. The first kappa shape index (κ1) is 19.5. The van der Waals surface area contributed by atoms with E-state index in [1.165, 1.54) is 12.1 Å². The van der Waals surface area contributed by atoms with Gasteiger partial charge in [-0.25, -0.2) is 13.1 Å². The van der Waals surface area contributed by atoms with Gasteiger partial charge in [-0.3, -0.25) is 4.79 Å². The third-order valence-corrected chi connectivity index (χ3v) is 5.64. The van der Waals surface area contributed by atoms with Crippen LogP contribution >= 0.6 is 11.6 Å². The van der Waals surface area contributed by atoms with Crippen molar-refractivity contribution in [3.63, 3.8) is 0 Å². The van der Waals surface area contributed by atoms with Crippen molar-refractivity contribution >= 4 is 33.2 Å². The molecule has 0 bridgehead atoms. The first-order chi connectivity index (χ1) is 12.8. The van der Waals surface area contributed by atoms with E-state index in [2.05, 4.69) is 10.0 Å². The number of hydrogen-bond acceptors (Lipinski definition) is 5. The van der Waals surface area contributed by atoms with Gasteiger partial charge in [0, 0.05) is 29.7 Å². The molecule has 0 aromatic heterocycles. The summed E-state index contributed by atoms with van der Waals surface area (Å²) in [6.07, 6.45) is -0.0181. The predicted octanol–water partition coefficient (Wildman–Crippen LogP) is 2.73. The smallest absolute Gasteiger partial charge is 0.240 e. The van der Waals surface area contributed by atoms with Gasteiger partial charge in [0.25, 0.3) is 0 Å². The van der Waals surface area contributed by atoms with Crippen LogP contribution in [0.4, 0.5) is 5.69 Å². The van der Waals surface area contributed by atoms with Gasteiger partial charge in [0.15, 0.2) is 11.5 Å². The zero-order valence-corrected chi connectivity index (χ0v) is 16.2. The molecule has 0 radical (unpaired) electrons. The van der Waals surface area contributed by atoms with Crippen molar-refractivity contribution < 1.29 is 22.7 Å². The quantitative estimate of drug-likeness (QED) is 0.763. The maximum absolute atomic E-state index is 12.4. The van der Waals surface area contributed by atoms with Gasteiger partial charge in [-0.05, 0) is 36.8 Å². The molecule has 7 nitrogen and oxygen atoms in total. The minimum atomic E-state index is -3.76. The van der Waals surface area contributed by atoms with Gasteiger partial charge in [0.05, 0.1) is 4.90 Å².